The van der Waals surface area contributed by atoms with Crippen LogP contribution in [0.25, 0.3) is 0 Å². The number of anilines is 1. The Morgan fingerprint density at radius 3 is 2.69 bits per heavy atom. The lowest BCUT2D eigenvalue weighted by atomic mass is 9.72. The van der Waals surface area contributed by atoms with Crippen molar-refractivity contribution in [3.05, 3.63) is 45.3 Å². The Labute approximate surface area is 180 Å². The van der Waals surface area contributed by atoms with E-state index in [0.29, 0.717) is 27.3 Å². The molecule has 0 bridgehead atoms. The van der Waals surface area contributed by atoms with E-state index in [1.54, 1.807) is 31.2 Å². The van der Waals surface area contributed by atoms with Gasteiger partial charge in [0.15, 0.2) is 6.10 Å². The molecule has 0 radical (unpaired) electrons. The number of rotatable bonds is 5. The van der Waals surface area contributed by atoms with Crippen LogP contribution in [0.4, 0.5) is 5.00 Å². The average molecular weight is 435 g/mol. The Balaban J connectivity index is 1.79. The van der Waals surface area contributed by atoms with Crippen molar-refractivity contribution < 1.29 is 14.3 Å². The molecule has 29 heavy (non-hydrogen) atoms. The third-order valence-electron chi connectivity index (χ3n) is 5.45. The number of benzene rings is 1. The molecule has 2 aromatic rings. The second kappa shape index (κ2) is 8.36. The van der Waals surface area contributed by atoms with Gasteiger partial charge in [0.25, 0.3) is 11.8 Å². The summed E-state index contributed by atoms with van der Waals surface area (Å²) in [4.78, 5) is 26.0. The number of carbonyl (C=O) groups excluding carboxylic acids is 2. The lowest BCUT2D eigenvalue weighted by Crippen LogP contribution is -2.30. The normalized spacial score (nSPS) is 17.3. The highest BCUT2D eigenvalue weighted by atomic mass is 35.5. The van der Waals surface area contributed by atoms with E-state index < -0.39 is 12.0 Å². The van der Waals surface area contributed by atoms with Crippen LogP contribution in [0, 0.1) is 11.3 Å². The largest absolute Gasteiger partial charge is 0.481 e. The zero-order chi connectivity index (χ0) is 21.3. The number of nitrogens with one attached hydrogen (secondary N) is 1. The molecule has 5 nitrogen and oxygen atoms in total. The van der Waals surface area contributed by atoms with Gasteiger partial charge in [0.1, 0.15) is 10.8 Å². The first kappa shape index (κ1) is 21.7. The molecular weight excluding hydrogens is 408 g/mol. The fourth-order valence-corrected chi connectivity index (χ4v) is 5.20. The van der Waals surface area contributed by atoms with E-state index in [1.165, 1.54) is 11.3 Å². The fraction of sp³-hybridized carbons (Fsp3) is 0.455. The van der Waals surface area contributed by atoms with Gasteiger partial charge in [-0.2, -0.15) is 0 Å². The van der Waals surface area contributed by atoms with Gasteiger partial charge in [-0.15, -0.1) is 11.3 Å². The van der Waals surface area contributed by atoms with Crippen LogP contribution in [0.2, 0.25) is 5.02 Å². The topological polar surface area (TPSA) is 81.4 Å². The molecule has 1 aliphatic rings. The molecule has 3 N–H and O–H groups in total. The summed E-state index contributed by atoms with van der Waals surface area (Å²) < 4.78 is 5.69. The third-order valence-corrected chi connectivity index (χ3v) is 6.86. The number of hydrogen-bond acceptors (Lipinski definition) is 4. The SMILES string of the molecule is C[C@@H](Oc1cccc(Cl)c1)C(=O)Nc1sc2c(c1C(N)=O)CC[C@@H](C(C)(C)C)C2. The first-order chi connectivity index (χ1) is 13.6. The highest BCUT2D eigenvalue weighted by Gasteiger charge is 2.33. The Morgan fingerprint density at radius 2 is 2.07 bits per heavy atom. The summed E-state index contributed by atoms with van der Waals surface area (Å²) in [7, 11) is 0. The van der Waals surface area contributed by atoms with Gasteiger partial charge >= 0.3 is 0 Å². The molecule has 1 aliphatic carbocycles. The third kappa shape index (κ3) is 4.93. The fourth-order valence-electron chi connectivity index (χ4n) is 3.69. The Morgan fingerprint density at radius 1 is 1.34 bits per heavy atom. The van der Waals surface area contributed by atoms with Gasteiger partial charge in [-0.3, -0.25) is 9.59 Å². The predicted molar refractivity (Wildman–Crippen MR) is 118 cm³/mol. The molecule has 7 heteroatoms. The molecule has 0 fully saturated rings. The molecule has 156 valence electrons. The first-order valence-electron chi connectivity index (χ1n) is 9.73. The van der Waals surface area contributed by atoms with Crippen molar-refractivity contribution in [2.24, 2.45) is 17.1 Å². The van der Waals surface area contributed by atoms with E-state index in [1.807, 2.05) is 0 Å². The van der Waals surface area contributed by atoms with Crippen molar-refractivity contribution in [1.29, 1.82) is 0 Å². The van der Waals surface area contributed by atoms with Gasteiger partial charge in [-0.05, 0) is 61.3 Å². The van der Waals surface area contributed by atoms with Gasteiger partial charge in [0.05, 0.1) is 5.56 Å². The molecule has 0 unspecified atom stereocenters. The number of amides is 2. The monoisotopic (exact) mass is 434 g/mol. The minimum atomic E-state index is -0.754. The molecule has 1 aromatic heterocycles. The lowest BCUT2D eigenvalue weighted by Gasteiger charge is -2.33. The average Bonchev–Trinajstić information content (AvgIpc) is 2.98. The van der Waals surface area contributed by atoms with E-state index in [2.05, 4.69) is 26.1 Å². The molecule has 0 saturated heterocycles. The summed E-state index contributed by atoms with van der Waals surface area (Å²) in [6.07, 6.45) is 1.95. The number of thiophene rings is 1. The van der Waals surface area contributed by atoms with Crippen molar-refractivity contribution >= 4 is 39.8 Å². The Kier molecular flexibility index (Phi) is 6.24. The lowest BCUT2D eigenvalue weighted by molar-refractivity contribution is -0.122. The standard InChI is InChI=1S/C22H27ClN2O3S/c1-12(28-15-7-5-6-14(23)11-15)20(27)25-21-18(19(24)26)16-9-8-13(22(2,3)4)10-17(16)29-21/h5-7,11-13H,8-10H2,1-4H3,(H2,24,26)(H,25,27)/t12-,13-/m1/s1. The first-order valence-corrected chi connectivity index (χ1v) is 10.9. The van der Waals surface area contributed by atoms with Crippen molar-refractivity contribution in [3.63, 3.8) is 0 Å². The van der Waals surface area contributed by atoms with Crippen LogP contribution < -0.4 is 15.8 Å². The second-order valence-corrected chi connectivity index (χ2v) is 10.1. The quantitative estimate of drug-likeness (QED) is 0.690. The minimum Gasteiger partial charge on any atom is -0.481 e. The van der Waals surface area contributed by atoms with E-state index in [4.69, 9.17) is 22.1 Å². The molecule has 0 saturated carbocycles. The zero-order valence-electron chi connectivity index (χ0n) is 17.2. The number of hydrogen-bond donors (Lipinski definition) is 2. The molecule has 2 atom stereocenters. The maximum atomic E-state index is 12.7. The Hall–Kier alpha value is -2.05. The number of primary amides is 1. The van der Waals surface area contributed by atoms with E-state index in [0.717, 1.165) is 29.7 Å². The summed E-state index contributed by atoms with van der Waals surface area (Å²) in [5.74, 6) is 0.200. The Bertz CT molecular complexity index is 933. The highest BCUT2D eigenvalue weighted by Crippen LogP contribution is 2.44. The van der Waals surface area contributed by atoms with Crippen LogP contribution in [0.15, 0.2) is 24.3 Å². The van der Waals surface area contributed by atoms with Gasteiger partial charge in [0, 0.05) is 9.90 Å². The number of halogens is 1. The van der Waals surface area contributed by atoms with Crippen LogP contribution in [-0.4, -0.2) is 17.9 Å². The summed E-state index contributed by atoms with van der Waals surface area (Å²) in [5, 5.41) is 3.91. The minimum absolute atomic E-state index is 0.192. The van der Waals surface area contributed by atoms with Crippen LogP contribution in [0.3, 0.4) is 0 Å². The van der Waals surface area contributed by atoms with E-state index in [-0.39, 0.29) is 11.3 Å². The van der Waals surface area contributed by atoms with E-state index in [9.17, 15) is 9.59 Å². The van der Waals surface area contributed by atoms with Gasteiger partial charge in [-0.25, -0.2) is 0 Å². The molecule has 0 aliphatic heterocycles. The maximum Gasteiger partial charge on any atom is 0.265 e. The summed E-state index contributed by atoms with van der Waals surface area (Å²) in [6, 6.07) is 6.88. The number of fused-ring (bicyclic) bond motifs is 1. The van der Waals surface area contributed by atoms with E-state index >= 15 is 0 Å². The molecule has 1 heterocycles. The van der Waals surface area contributed by atoms with Crippen LogP contribution in [-0.2, 0) is 17.6 Å². The summed E-state index contributed by atoms with van der Waals surface area (Å²) >= 11 is 7.42. The van der Waals surface area contributed by atoms with Crippen molar-refractivity contribution in [1.82, 2.24) is 0 Å². The highest BCUT2D eigenvalue weighted by molar-refractivity contribution is 7.17. The van der Waals surface area contributed by atoms with Crippen molar-refractivity contribution in [2.75, 3.05) is 5.32 Å². The second-order valence-electron chi connectivity index (χ2n) is 8.58. The van der Waals surface area contributed by atoms with Gasteiger partial charge in [-0.1, -0.05) is 38.4 Å². The van der Waals surface area contributed by atoms with Crippen LogP contribution >= 0.6 is 22.9 Å². The summed E-state index contributed by atoms with van der Waals surface area (Å²) in [6.45, 7) is 8.37. The van der Waals surface area contributed by atoms with Crippen molar-refractivity contribution in [3.8, 4) is 5.75 Å². The number of ether oxygens (including phenoxy) is 1. The van der Waals surface area contributed by atoms with Gasteiger partial charge in [0.2, 0.25) is 0 Å². The smallest absolute Gasteiger partial charge is 0.265 e. The number of nitrogens with two attached hydrogens (primary N) is 1. The van der Waals surface area contributed by atoms with Crippen molar-refractivity contribution in [2.45, 2.75) is 53.1 Å². The molecule has 0 spiro atoms. The van der Waals surface area contributed by atoms with Crippen LogP contribution in [0.5, 0.6) is 5.75 Å². The number of carbonyl (C=O) groups is 2. The maximum absolute atomic E-state index is 12.7. The molecule has 2 amide bonds. The molecule has 3 rings (SSSR count). The van der Waals surface area contributed by atoms with Gasteiger partial charge < -0.3 is 15.8 Å². The molecular formula is C22H27ClN2O3S. The van der Waals surface area contributed by atoms with Crippen LogP contribution in [0.1, 0.15) is 54.9 Å². The zero-order valence-corrected chi connectivity index (χ0v) is 18.7. The molecule has 1 aromatic carbocycles. The summed E-state index contributed by atoms with van der Waals surface area (Å²) in [5.41, 5.74) is 7.29. The predicted octanol–water partition coefficient (Wildman–Crippen LogP) is 5.06.